The number of hydrogen-bond donors (Lipinski definition) is 3. The number of anilines is 1. The number of fused-ring (bicyclic) bond motifs is 1. The minimum Gasteiger partial charge on any atom is -0.388 e. The Bertz CT molecular complexity index is 1640. The number of nitrogens with one attached hydrogen (secondary N) is 2. The Balaban J connectivity index is -0.00000105. The second-order valence-corrected chi connectivity index (χ2v) is 11.3. The van der Waals surface area contributed by atoms with Crippen LogP contribution < -0.4 is 21.3 Å². The first-order valence-electron chi connectivity index (χ1n) is 19.0. The van der Waals surface area contributed by atoms with Gasteiger partial charge in [-0.2, -0.15) is 13.2 Å². The number of aromatic nitrogens is 1. The molecular weight excluding hydrogens is 714 g/mol. The van der Waals surface area contributed by atoms with Crippen LogP contribution in [-0.2, 0) is 16.0 Å². The van der Waals surface area contributed by atoms with E-state index in [0.29, 0.717) is 41.5 Å². The Morgan fingerprint density at radius 2 is 1.77 bits per heavy atom. The van der Waals surface area contributed by atoms with Crippen LogP contribution in [0.4, 0.5) is 18.9 Å². The van der Waals surface area contributed by atoms with Crippen molar-refractivity contribution < 1.29 is 22.8 Å². The van der Waals surface area contributed by atoms with Gasteiger partial charge in [0.15, 0.2) is 0 Å². The summed E-state index contributed by atoms with van der Waals surface area (Å²) in [5.74, 6) is 2.02. The number of allylic oxidation sites excluding steroid dienone is 9. The summed E-state index contributed by atoms with van der Waals surface area (Å²) in [6, 6.07) is 5.73. The average molecular weight is 781 g/mol. The molecule has 3 rings (SSSR count). The summed E-state index contributed by atoms with van der Waals surface area (Å²) in [6.07, 6.45) is 19.3. The van der Waals surface area contributed by atoms with Gasteiger partial charge in [-0.25, -0.2) is 0 Å². The molecule has 1 aromatic heterocycles. The van der Waals surface area contributed by atoms with E-state index in [0.717, 1.165) is 31.1 Å². The molecule has 0 unspecified atom stereocenters. The van der Waals surface area contributed by atoms with Gasteiger partial charge in [-0.3, -0.25) is 24.5 Å². The third-order valence-electron chi connectivity index (χ3n) is 6.71. The van der Waals surface area contributed by atoms with Crippen molar-refractivity contribution in [3.05, 3.63) is 108 Å². The van der Waals surface area contributed by atoms with Crippen molar-refractivity contribution in [3.63, 3.8) is 0 Å². The van der Waals surface area contributed by atoms with E-state index < -0.39 is 17.7 Å². The number of alkyl halides is 3. The van der Waals surface area contributed by atoms with E-state index >= 15 is 0 Å². The number of carbonyl (C=O) groups is 2. The van der Waals surface area contributed by atoms with Crippen molar-refractivity contribution in [2.75, 3.05) is 31.6 Å². The second kappa shape index (κ2) is 34.3. The van der Waals surface area contributed by atoms with Gasteiger partial charge >= 0.3 is 6.18 Å². The standard InChI is InChI=1S/C27H28F3N3O.C6H13NO.C5H9N.C3H4.C2H7N.C2H6/c1-5-7-8-10-20-13-14-24-22(15-20)26(18(3)17-32-24)33(19(4)34)21-11-9-12-25(31-6-2)23(16-21)27(28,29)30;1-3-5-6(8)7-4-2;1-3-4-5-6-2;1-3-2;1-2-3;1-2/h5,7-9,11,13-17,31H,1,6,10,12H2,2-4H3;3-5H2,1-2H3,(H,7,8);3-5H,1-2H3;1H,2H3;2-3H2,1H3;1-2H3/b8-7+;;4-3-,6-5?;;;. The number of carbonyl (C=O) groups excluding carboxylic acids is 2. The van der Waals surface area contributed by atoms with Gasteiger partial charge in [-0.1, -0.05) is 70.7 Å². The summed E-state index contributed by atoms with van der Waals surface area (Å²) in [4.78, 5) is 33.0. The zero-order chi connectivity index (χ0) is 43.5. The fourth-order valence-corrected chi connectivity index (χ4v) is 4.67. The van der Waals surface area contributed by atoms with Crippen molar-refractivity contribution in [2.45, 2.75) is 101 Å². The van der Waals surface area contributed by atoms with Crippen molar-refractivity contribution in [1.29, 1.82) is 0 Å². The molecule has 0 saturated heterocycles. The van der Waals surface area contributed by atoms with Crippen LogP contribution in [0.2, 0.25) is 0 Å². The summed E-state index contributed by atoms with van der Waals surface area (Å²) in [7, 11) is 1.75. The molecule has 310 valence electrons. The lowest BCUT2D eigenvalue weighted by Crippen LogP contribution is -2.29. The number of halogens is 3. The number of aryl methyl sites for hydroxylation is 1. The molecule has 0 atom stereocenters. The number of terminal acetylenes is 1. The summed E-state index contributed by atoms with van der Waals surface area (Å²) < 4.78 is 41.9. The van der Waals surface area contributed by atoms with Gasteiger partial charge in [-0.15, -0.1) is 12.3 Å². The first-order chi connectivity index (χ1) is 26.7. The fourth-order valence-electron chi connectivity index (χ4n) is 4.67. The van der Waals surface area contributed by atoms with Crippen molar-refractivity contribution in [2.24, 2.45) is 10.7 Å². The monoisotopic (exact) mass is 781 g/mol. The van der Waals surface area contributed by atoms with E-state index in [4.69, 9.17) is 5.73 Å². The predicted octanol–water partition coefficient (Wildman–Crippen LogP) is 10.3. The minimum atomic E-state index is -4.57. The smallest absolute Gasteiger partial charge is 0.388 e. The Morgan fingerprint density at radius 3 is 2.23 bits per heavy atom. The molecule has 0 saturated carbocycles. The number of pyridine rings is 1. The van der Waals surface area contributed by atoms with E-state index in [9.17, 15) is 22.8 Å². The van der Waals surface area contributed by atoms with Gasteiger partial charge in [0.1, 0.15) is 0 Å². The van der Waals surface area contributed by atoms with Gasteiger partial charge < -0.3 is 16.4 Å². The number of amides is 2. The van der Waals surface area contributed by atoms with E-state index in [-0.39, 0.29) is 23.7 Å². The highest BCUT2D eigenvalue weighted by molar-refractivity contribution is 6.05. The van der Waals surface area contributed by atoms with Crippen LogP contribution in [-0.4, -0.2) is 55.9 Å². The molecule has 56 heavy (non-hydrogen) atoms. The van der Waals surface area contributed by atoms with Crippen LogP contribution in [0.1, 0.15) is 92.7 Å². The van der Waals surface area contributed by atoms with Gasteiger partial charge in [0.25, 0.3) is 0 Å². The Labute approximate surface area is 335 Å². The number of rotatable bonds is 11. The molecule has 0 bridgehead atoms. The van der Waals surface area contributed by atoms with Crippen molar-refractivity contribution >= 4 is 34.6 Å². The summed E-state index contributed by atoms with van der Waals surface area (Å²) in [5.41, 5.74) is 7.14. The third-order valence-corrected chi connectivity index (χ3v) is 6.71. The normalized spacial score (nSPS) is 11.8. The molecule has 1 aliphatic carbocycles. The minimum absolute atomic E-state index is 0.0809. The van der Waals surface area contributed by atoms with Crippen LogP contribution in [0, 0.1) is 19.3 Å². The summed E-state index contributed by atoms with van der Waals surface area (Å²) >= 11 is 0. The summed E-state index contributed by atoms with van der Waals surface area (Å²) in [6.45, 7) is 23.9. The number of hydrogen-bond acceptors (Lipinski definition) is 6. The number of nitrogens with two attached hydrogens (primary N) is 1. The maximum Gasteiger partial charge on any atom is 0.418 e. The van der Waals surface area contributed by atoms with Crippen LogP contribution in [0.5, 0.6) is 0 Å². The fraction of sp³-hybridized carbons (Fsp3) is 0.422. The highest BCUT2D eigenvalue weighted by Gasteiger charge is 2.36. The number of nitrogens with zero attached hydrogens (tertiary/aromatic N) is 3. The van der Waals surface area contributed by atoms with Gasteiger partial charge in [0.2, 0.25) is 11.8 Å². The molecule has 0 spiro atoms. The first-order valence-corrected chi connectivity index (χ1v) is 19.0. The highest BCUT2D eigenvalue weighted by Crippen LogP contribution is 2.37. The van der Waals surface area contributed by atoms with Gasteiger partial charge in [0.05, 0.1) is 16.8 Å². The lowest BCUT2D eigenvalue weighted by Gasteiger charge is -2.26. The second-order valence-electron chi connectivity index (χ2n) is 11.3. The lowest BCUT2D eigenvalue weighted by molar-refractivity contribution is -0.121. The molecule has 0 fully saturated rings. The molecule has 1 heterocycles. The Kier molecular flexibility index (Phi) is 33.8. The van der Waals surface area contributed by atoms with E-state index in [1.807, 2.05) is 84.0 Å². The molecule has 2 amide bonds. The van der Waals surface area contributed by atoms with Crippen LogP contribution >= 0.6 is 0 Å². The molecule has 1 aromatic carbocycles. The van der Waals surface area contributed by atoms with E-state index in [1.54, 1.807) is 58.5 Å². The molecular formula is C45H67F3N6O2. The number of aliphatic imine (C=N–C) groups is 1. The third kappa shape index (κ3) is 22.9. The Morgan fingerprint density at radius 1 is 1.14 bits per heavy atom. The molecule has 0 radical (unpaired) electrons. The van der Waals surface area contributed by atoms with Crippen molar-refractivity contribution in [3.8, 4) is 12.3 Å². The SMILES string of the molecule is C#CC.C/C=C\C=NC.C=C/C=C/Cc1ccc2ncc(C)c(N(C(C)=O)C3=CC(C(F)(F)F)=C(NCC)CC=C3)c2c1.CC.CCCC(=O)NCC.CCN. The quantitative estimate of drug-likeness (QED) is 0.119. The van der Waals surface area contributed by atoms with Crippen molar-refractivity contribution in [1.82, 2.24) is 15.6 Å². The molecule has 11 heteroatoms. The zero-order valence-electron chi connectivity index (χ0n) is 35.6. The van der Waals surface area contributed by atoms with E-state index in [1.165, 1.54) is 11.8 Å². The Hall–Kier alpha value is -5.21. The van der Waals surface area contributed by atoms with Gasteiger partial charge in [0, 0.05) is 69.1 Å². The largest absolute Gasteiger partial charge is 0.418 e. The average Bonchev–Trinajstić information content (AvgIpc) is 3.37. The maximum atomic E-state index is 14.0. The lowest BCUT2D eigenvalue weighted by atomic mass is 10.0. The van der Waals surface area contributed by atoms with Crippen LogP contribution in [0.15, 0.2) is 102 Å². The number of benzene rings is 1. The topological polar surface area (TPSA) is 113 Å². The molecule has 1 aliphatic rings. The molecule has 0 aliphatic heterocycles. The van der Waals surface area contributed by atoms with Crippen LogP contribution in [0.3, 0.4) is 0 Å². The first kappa shape index (κ1) is 55.1. The molecule has 8 nitrogen and oxygen atoms in total. The maximum absolute atomic E-state index is 14.0. The predicted molar refractivity (Wildman–Crippen MR) is 235 cm³/mol. The van der Waals surface area contributed by atoms with E-state index in [2.05, 4.69) is 39.5 Å². The summed E-state index contributed by atoms with van der Waals surface area (Å²) in [5, 5.41) is 6.22. The van der Waals surface area contributed by atoms with Crippen LogP contribution in [0.25, 0.3) is 10.9 Å². The molecule has 4 N–H and O–H groups in total. The molecule has 2 aromatic rings. The van der Waals surface area contributed by atoms with Gasteiger partial charge in [-0.05, 0) is 95.5 Å². The highest BCUT2D eigenvalue weighted by atomic mass is 19.4. The zero-order valence-corrected chi connectivity index (χ0v) is 35.6.